The molecule has 0 aliphatic carbocycles. The molecular weight excluding hydrogens is 392 g/mol. The summed E-state index contributed by atoms with van der Waals surface area (Å²) in [6.45, 7) is 4.57. The molecule has 1 fully saturated rings. The summed E-state index contributed by atoms with van der Waals surface area (Å²) in [4.78, 5) is 34.8. The summed E-state index contributed by atoms with van der Waals surface area (Å²) in [7, 11) is 0. The number of carbonyl (C=O) groups is 2. The minimum absolute atomic E-state index is 0.0340. The molecule has 1 atom stereocenters. The molecule has 1 aromatic heterocycles. The second kappa shape index (κ2) is 8.63. The van der Waals surface area contributed by atoms with Crippen LogP contribution in [-0.4, -0.2) is 45.8 Å². The number of amides is 2. The van der Waals surface area contributed by atoms with Gasteiger partial charge in [0.25, 0.3) is 5.91 Å². The molecule has 8 nitrogen and oxygen atoms in total. The number of likely N-dealkylation sites (tertiary alicyclic amines) is 1. The molecule has 2 heterocycles. The summed E-state index contributed by atoms with van der Waals surface area (Å²) in [6.07, 6.45) is 3.69. The van der Waals surface area contributed by atoms with Crippen LogP contribution in [0.4, 0.5) is 11.6 Å². The highest BCUT2D eigenvalue weighted by molar-refractivity contribution is 5.99. The van der Waals surface area contributed by atoms with Crippen LogP contribution >= 0.6 is 0 Å². The van der Waals surface area contributed by atoms with Gasteiger partial charge in [0.05, 0.1) is 17.1 Å². The molecule has 31 heavy (non-hydrogen) atoms. The van der Waals surface area contributed by atoms with Gasteiger partial charge in [0.1, 0.15) is 0 Å². The van der Waals surface area contributed by atoms with Gasteiger partial charge in [-0.3, -0.25) is 9.59 Å². The second-order valence-electron chi connectivity index (χ2n) is 7.23. The van der Waals surface area contributed by atoms with Crippen LogP contribution in [0.3, 0.4) is 0 Å². The Morgan fingerprint density at radius 2 is 2.03 bits per heavy atom. The van der Waals surface area contributed by atoms with E-state index in [9.17, 15) is 9.59 Å². The molecule has 2 aromatic carbocycles. The highest BCUT2D eigenvalue weighted by atomic mass is 16.2. The van der Waals surface area contributed by atoms with Crippen LogP contribution in [-0.2, 0) is 4.79 Å². The van der Waals surface area contributed by atoms with E-state index < -0.39 is 0 Å². The molecule has 1 saturated heterocycles. The third-order valence-electron chi connectivity index (χ3n) is 5.11. The van der Waals surface area contributed by atoms with E-state index in [1.807, 2.05) is 6.07 Å². The number of nitrogens with one attached hydrogen (secondary N) is 2. The number of carbonyl (C=O) groups excluding carboxylic acids is 2. The SMILES string of the molecule is C=CC(=O)Nc1ccc(C(=O)N2CC[C@H](Nc3ncc4ccc(C#N)cc4n3)C2)cc1. The highest BCUT2D eigenvalue weighted by Gasteiger charge is 2.27. The van der Waals surface area contributed by atoms with E-state index in [1.165, 1.54) is 6.08 Å². The Kier molecular flexibility index (Phi) is 5.58. The zero-order valence-electron chi connectivity index (χ0n) is 16.7. The lowest BCUT2D eigenvalue weighted by Crippen LogP contribution is -2.31. The van der Waals surface area contributed by atoms with Crippen LogP contribution in [0, 0.1) is 11.3 Å². The molecule has 0 spiro atoms. The Hall–Kier alpha value is -4.25. The second-order valence-corrected chi connectivity index (χ2v) is 7.23. The quantitative estimate of drug-likeness (QED) is 0.624. The van der Waals surface area contributed by atoms with Gasteiger partial charge >= 0.3 is 0 Å². The summed E-state index contributed by atoms with van der Waals surface area (Å²) in [5.74, 6) is 0.112. The Morgan fingerprint density at radius 1 is 1.23 bits per heavy atom. The van der Waals surface area contributed by atoms with Gasteiger partial charge in [0.2, 0.25) is 11.9 Å². The minimum Gasteiger partial charge on any atom is -0.350 e. The van der Waals surface area contributed by atoms with Crippen molar-refractivity contribution in [3.63, 3.8) is 0 Å². The molecule has 1 aliphatic rings. The third-order valence-corrected chi connectivity index (χ3v) is 5.11. The average molecular weight is 412 g/mol. The number of nitrogens with zero attached hydrogens (tertiary/aromatic N) is 4. The number of hydrogen-bond acceptors (Lipinski definition) is 6. The van der Waals surface area contributed by atoms with Crippen LogP contribution in [0.1, 0.15) is 22.3 Å². The van der Waals surface area contributed by atoms with Crippen molar-refractivity contribution >= 4 is 34.4 Å². The number of rotatable bonds is 5. The lowest BCUT2D eigenvalue weighted by molar-refractivity contribution is -0.111. The normalized spacial score (nSPS) is 15.3. The van der Waals surface area contributed by atoms with E-state index in [2.05, 4.69) is 33.2 Å². The molecule has 3 aromatic rings. The van der Waals surface area contributed by atoms with Crippen molar-refractivity contribution in [3.05, 3.63) is 72.4 Å². The smallest absolute Gasteiger partial charge is 0.253 e. The number of benzene rings is 2. The molecule has 2 amide bonds. The van der Waals surface area contributed by atoms with Crippen LogP contribution in [0.25, 0.3) is 10.9 Å². The van der Waals surface area contributed by atoms with Gasteiger partial charge in [-0.2, -0.15) is 5.26 Å². The number of aromatic nitrogens is 2. The monoisotopic (exact) mass is 412 g/mol. The lowest BCUT2D eigenvalue weighted by Gasteiger charge is -2.17. The third kappa shape index (κ3) is 4.51. The Labute approximate surface area is 179 Å². The van der Waals surface area contributed by atoms with E-state index in [0.717, 1.165) is 11.8 Å². The van der Waals surface area contributed by atoms with Gasteiger partial charge in [-0.15, -0.1) is 0 Å². The summed E-state index contributed by atoms with van der Waals surface area (Å²) in [5.41, 5.74) is 2.41. The number of nitriles is 1. The van der Waals surface area contributed by atoms with Gasteiger partial charge in [0, 0.05) is 42.0 Å². The van der Waals surface area contributed by atoms with Crippen molar-refractivity contribution in [1.29, 1.82) is 5.26 Å². The zero-order valence-corrected chi connectivity index (χ0v) is 16.7. The van der Waals surface area contributed by atoms with Crippen LogP contribution < -0.4 is 10.6 Å². The maximum absolute atomic E-state index is 12.8. The topological polar surface area (TPSA) is 111 Å². The first kappa shape index (κ1) is 20.0. The fourth-order valence-corrected chi connectivity index (χ4v) is 3.48. The van der Waals surface area contributed by atoms with Crippen LogP contribution in [0.5, 0.6) is 0 Å². The van der Waals surface area contributed by atoms with Crippen LogP contribution in [0.2, 0.25) is 0 Å². The molecule has 0 radical (unpaired) electrons. The fourth-order valence-electron chi connectivity index (χ4n) is 3.48. The van der Waals surface area contributed by atoms with Gasteiger partial charge in [-0.1, -0.05) is 6.58 Å². The Balaban J connectivity index is 1.39. The van der Waals surface area contributed by atoms with Crippen molar-refractivity contribution < 1.29 is 9.59 Å². The summed E-state index contributed by atoms with van der Waals surface area (Å²) < 4.78 is 0. The maximum Gasteiger partial charge on any atom is 0.253 e. The van der Waals surface area contributed by atoms with Crippen molar-refractivity contribution in [2.24, 2.45) is 0 Å². The van der Waals surface area contributed by atoms with E-state index in [0.29, 0.717) is 41.4 Å². The molecule has 154 valence electrons. The lowest BCUT2D eigenvalue weighted by atomic mass is 10.2. The van der Waals surface area contributed by atoms with E-state index in [4.69, 9.17) is 5.26 Å². The predicted octanol–water partition coefficient (Wildman–Crippen LogP) is 2.95. The number of anilines is 2. The average Bonchev–Trinajstić information content (AvgIpc) is 3.27. The van der Waals surface area contributed by atoms with E-state index >= 15 is 0 Å². The van der Waals surface area contributed by atoms with E-state index in [-0.39, 0.29) is 17.9 Å². The van der Waals surface area contributed by atoms with Gasteiger partial charge < -0.3 is 15.5 Å². The highest BCUT2D eigenvalue weighted by Crippen LogP contribution is 2.19. The molecule has 4 rings (SSSR count). The molecule has 2 N–H and O–H groups in total. The largest absolute Gasteiger partial charge is 0.350 e. The Bertz CT molecular complexity index is 1200. The van der Waals surface area contributed by atoms with E-state index in [1.54, 1.807) is 47.5 Å². The molecule has 1 aliphatic heterocycles. The van der Waals surface area contributed by atoms with Gasteiger partial charge in [-0.25, -0.2) is 9.97 Å². The summed E-state index contributed by atoms with van der Waals surface area (Å²) in [6, 6.07) is 14.2. The first-order valence-corrected chi connectivity index (χ1v) is 9.82. The van der Waals surface area contributed by atoms with Crippen molar-refractivity contribution in [2.45, 2.75) is 12.5 Å². The maximum atomic E-state index is 12.8. The molecular formula is C23H20N6O2. The standard InChI is InChI=1S/C23H20N6O2/c1-2-21(30)26-18-7-5-16(6-8-18)22(31)29-10-9-19(14-29)27-23-25-13-17-4-3-15(12-24)11-20(17)28-23/h2-8,11,13,19H,1,9-10,14H2,(H,26,30)(H,25,27,28)/t19-/m0/s1. The predicted molar refractivity (Wildman–Crippen MR) is 117 cm³/mol. The summed E-state index contributed by atoms with van der Waals surface area (Å²) in [5, 5.41) is 15.9. The number of hydrogen-bond donors (Lipinski definition) is 2. The molecule has 0 bridgehead atoms. The first-order chi connectivity index (χ1) is 15.1. The minimum atomic E-state index is -0.299. The zero-order chi connectivity index (χ0) is 21.8. The van der Waals surface area contributed by atoms with Gasteiger partial charge in [0.15, 0.2) is 0 Å². The molecule has 0 unspecified atom stereocenters. The first-order valence-electron chi connectivity index (χ1n) is 9.82. The number of fused-ring (bicyclic) bond motifs is 1. The summed E-state index contributed by atoms with van der Waals surface area (Å²) >= 11 is 0. The fraction of sp³-hybridized carbons (Fsp3) is 0.174. The van der Waals surface area contributed by atoms with Crippen molar-refractivity contribution in [2.75, 3.05) is 23.7 Å². The van der Waals surface area contributed by atoms with Crippen LogP contribution in [0.15, 0.2) is 61.3 Å². The van der Waals surface area contributed by atoms with Crippen molar-refractivity contribution in [1.82, 2.24) is 14.9 Å². The van der Waals surface area contributed by atoms with Crippen molar-refractivity contribution in [3.8, 4) is 6.07 Å². The Morgan fingerprint density at radius 3 is 2.77 bits per heavy atom. The van der Waals surface area contributed by atoms with Gasteiger partial charge in [-0.05, 0) is 55.0 Å². The molecule has 8 heteroatoms. The molecule has 0 saturated carbocycles.